The molecule has 0 aliphatic heterocycles. The molecule has 90 valence electrons. The zero-order chi connectivity index (χ0) is 12.1. The van der Waals surface area contributed by atoms with Crippen molar-refractivity contribution >= 4 is 6.29 Å². The number of carbonyl (C=O) groups is 1. The van der Waals surface area contributed by atoms with Crippen molar-refractivity contribution in [2.45, 2.75) is 39.8 Å². The summed E-state index contributed by atoms with van der Waals surface area (Å²) in [5.74, 6) is 0.592. The van der Waals surface area contributed by atoms with E-state index >= 15 is 0 Å². The van der Waals surface area contributed by atoms with Crippen LogP contribution >= 0.6 is 0 Å². The Labute approximate surface area is 95.8 Å². The van der Waals surface area contributed by atoms with Crippen LogP contribution in [0.1, 0.15) is 49.5 Å². The maximum Gasteiger partial charge on any atom is 0.172 e. The molecule has 1 heterocycles. The van der Waals surface area contributed by atoms with Gasteiger partial charge in [-0.05, 0) is 19.3 Å². The van der Waals surface area contributed by atoms with Crippen molar-refractivity contribution in [1.29, 1.82) is 0 Å². The molecule has 1 aromatic rings. The van der Waals surface area contributed by atoms with E-state index in [1.54, 1.807) is 11.8 Å². The van der Waals surface area contributed by atoms with E-state index in [0.29, 0.717) is 11.6 Å². The summed E-state index contributed by atoms with van der Waals surface area (Å²) in [6.07, 6.45) is 1.57. The lowest BCUT2D eigenvalue weighted by Gasteiger charge is -2.13. The topological polar surface area (TPSA) is 57.0 Å². The van der Waals surface area contributed by atoms with E-state index in [-0.39, 0.29) is 6.10 Å². The van der Waals surface area contributed by atoms with Gasteiger partial charge in [0.2, 0.25) is 0 Å². The highest BCUT2D eigenvalue weighted by molar-refractivity contribution is 5.73. The van der Waals surface area contributed by atoms with Gasteiger partial charge in [-0.1, -0.05) is 19.1 Å². The van der Waals surface area contributed by atoms with Crippen LogP contribution < -0.4 is 0 Å². The number of carbonyl (C=O) groups excluding carboxylic acids is 1. The molecule has 0 bridgehead atoms. The van der Waals surface area contributed by atoms with Gasteiger partial charge in [0.05, 0.1) is 11.8 Å². The summed E-state index contributed by atoms with van der Waals surface area (Å²) >= 11 is 0. The van der Waals surface area contributed by atoms with Gasteiger partial charge in [-0.15, -0.1) is 5.10 Å². The van der Waals surface area contributed by atoms with E-state index < -0.39 is 0 Å². The maximum atomic E-state index is 10.8. The van der Waals surface area contributed by atoms with Gasteiger partial charge in [0.1, 0.15) is 0 Å². The fourth-order valence-electron chi connectivity index (χ4n) is 1.49. The molecule has 0 aliphatic rings. The molecular weight excluding hydrogens is 206 g/mol. The minimum atomic E-state index is -0.164. The first-order valence-electron chi connectivity index (χ1n) is 5.51. The molecular formula is C11H19N3O2. The lowest BCUT2D eigenvalue weighted by Crippen LogP contribution is -2.11. The van der Waals surface area contributed by atoms with E-state index in [2.05, 4.69) is 24.2 Å². The molecule has 1 aromatic heterocycles. The zero-order valence-electron chi connectivity index (χ0n) is 10.3. The number of nitrogens with zero attached hydrogens (tertiary/aromatic N) is 3. The highest BCUT2D eigenvalue weighted by atomic mass is 16.5. The lowest BCUT2D eigenvalue weighted by molar-refractivity contribution is 0.104. The quantitative estimate of drug-likeness (QED) is 0.693. The number of hydrogen-bond acceptors (Lipinski definition) is 4. The molecule has 0 amide bonds. The number of aldehydes is 1. The van der Waals surface area contributed by atoms with Crippen LogP contribution in [-0.4, -0.2) is 28.4 Å². The minimum absolute atomic E-state index is 0.164. The Balaban J connectivity index is 2.90. The Hall–Kier alpha value is -1.23. The molecule has 5 heteroatoms. The summed E-state index contributed by atoms with van der Waals surface area (Å²) in [6.45, 7) is 6.95. The first-order chi connectivity index (χ1) is 7.60. The number of aryl methyl sites for hydroxylation is 1. The zero-order valence-corrected chi connectivity index (χ0v) is 10.3. The predicted octanol–water partition coefficient (Wildman–Crippen LogP) is 1.84. The first-order valence-corrected chi connectivity index (χ1v) is 5.51. The molecule has 0 saturated heterocycles. The molecule has 0 spiro atoms. The standard InChI is InChI=1S/C11H19N3O2/c1-8(2)5-6-14-11(9(3)16-4)10(7-15)12-13-14/h7-9H,5-6H2,1-4H3. The predicted molar refractivity (Wildman–Crippen MR) is 60.3 cm³/mol. The normalized spacial score (nSPS) is 13.1. The fourth-order valence-corrected chi connectivity index (χ4v) is 1.49. The second kappa shape index (κ2) is 5.75. The number of aromatic nitrogens is 3. The van der Waals surface area contributed by atoms with Crippen LogP contribution in [0.15, 0.2) is 0 Å². The monoisotopic (exact) mass is 225 g/mol. The van der Waals surface area contributed by atoms with Crippen molar-refractivity contribution in [2.75, 3.05) is 7.11 Å². The third kappa shape index (κ3) is 2.88. The number of ether oxygens (including phenoxy) is 1. The van der Waals surface area contributed by atoms with Gasteiger partial charge < -0.3 is 4.74 Å². The van der Waals surface area contributed by atoms with Crippen LogP contribution in [0, 0.1) is 5.92 Å². The lowest BCUT2D eigenvalue weighted by atomic mass is 10.1. The third-order valence-electron chi connectivity index (χ3n) is 2.57. The van der Waals surface area contributed by atoms with Crippen molar-refractivity contribution in [2.24, 2.45) is 5.92 Å². The molecule has 0 N–H and O–H groups in total. The smallest absolute Gasteiger partial charge is 0.172 e. The molecule has 1 atom stereocenters. The second-order valence-electron chi connectivity index (χ2n) is 4.26. The molecule has 1 rings (SSSR count). The Bertz CT molecular complexity index is 347. The largest absolute Gasteiger partial charge is 0.375 e. The Kier molecular flexibility index (Phi) is 4.61. The van der Waals surface area contributed by atoms with Crippen LogP contribution in [0.4, 0.5) is 0 Å². The minimum Gasteiger partial charge on any atom is -0.375 e. The Morgan fingerprint density at radius 1 is 1.44 bits per heavy atom. The van der Waals surface area contributed by atoms with Gasteiger partial charge in [-0.3, -0.25) is 4.79 Å². The maximum absolute atomic E-state index is 10.8. The summed E-state index contributed by atoms with van der Waals surface area (Å²) in [7, 11) is 1.61. The van der Waals surface area contributed by atoms with Gasteiger partial charge in [0.15, 0.2) is 12.0 Å². The molecule has 5 nitrogen and oxygen atoms in total. The van der Waals surface area contributed by atoms with Crippen LogP contribution in [0.2, 0.25) is 0 Å². The highest BCUT2D eigenvalue weighted by Gasteiger charge is 2.18. The molecule has 1 unspecified atom stereocenters. The molecule has 0 fully saturated rings. The molecule has 0 aliphatic carbocycles. The second-order valence-corrected chi connectivity index (χ2v) is 4.26. The first kappa shape index (κ1) is 12.8. The van der Waals surface area contributed by atoms with E-state index in [1.165, 1.54) is 0 Å². The van der Waals surface area contributed by atoms with Gasteiger partial charge in [0.25, 0.3) is 0 Å². The van der Waals surface area contributed by atoms with Crippen LogP contribution in [0.5, 0.6) is 0 Å². The number of methoxy groups -OCH3 is 1. The average molecular weight is 225 g/mol. The van der Waals surface area contributed by atoms with Crippen molar-refractivity contribution in [3.63, 3.8) is 0 Å². The summed E-state index contributed by atoms with van der Waals surface area (Å²) in [5, 5.41) is 7.83. The molecule has 0 saturated carbocycles. The van der Waals surface area contributed by atoms with E-state index in [0.717, 1.165) is 24.9 Å². The van der Waals surface area contributed by atoms with Crippen LogP contribution in [0.25, 0.3) is 0 Å². The van der Waals surface area contributed by atoms with Gasteiger partial charge in [0, 0.05) is 13.7 Å². The highest BCUT2D eigenvalue weighted by Crippen LogP contribution is 2.18. The Morgan fingerprint density at radius 2 is 2.12 bits per heavy atom. The number of rotatable bonds is 6. The van der Waals surface area contributed by atoms with E-state index in [4.69, 9.17) is 4.74 Å². The van der Waals surface area contributed by atoms with Crippen LogP contribution in [-0.2, 0) is 11.3 Å². The summed E-state index contributed by atoms with van der Waals surface area (Å²) < 4.78 is 6.99. The molecule has 16 heavy (non-hydrogen) atoms. The van der Waals surface area contributed by atoms with Gasteiger partial charge >= 0.3 is 0 Å². The SMILES string of the molecule is COC(C)c1c(C=O)nnn1CCC(C)C. The van der Waals surface area contributed by atoms with Crippen molar-refractivity contribution in [3.05, 3.63) is 11.4 Å². The average Bonchev–Trinajstić information content (AvgIpc) is 2.68. The summed E-state index contributed by atoms with van der Waals surface area (Å²) in [6, 6.07) is 0. The van der Waals surface area contributed by atoms with Gasteiger partial charge in [-0.25, -0.2) is 4.68 Å². The molecule has 0 aromatic carbocycles. The fraction of sp³-hybridized carbons (Fsp3) is 0.727. The summed E-state index contributed by atoms with van der Waals surface area (Å²) in [4.78, 5) is 10.8. The van der Waals surface area contributed by atoms with Crippen molar-refractivity contribution < 1.29 is 9.53 Å². The van der Waals surface area contributed by atoms with Crippen LogP contribution in [0.3, 0.4) is 0 Å². The molecule has 0 radical (unpaired) electrons. The van der Waals surface area contributed by atoms with E-state index in [9.17, 15) is 4.79 Å². The summed E-state index contributed by atoms with van der Waals surface area (Å²) in [5.41, 5.74) is 1.14. The third-order valence-corrected chi connectivity index (χ3v) is 2.57. The van der Waals surface area contributed by atoms with Crippen molar-refractivity contribution in [3.8, 4) is 0 Å². The Morgan fingerprint density at radius 3 is 2.62 bits per heavy atom. The van der Waals surface area contributed by atoms with Crippen molar-refractivity contribution in [1.82, 2.24) is 15.0 Å². The number of hydrogen-bond donors (Lipinski definition) is 0. The van der Waals surface area contributed by atoms with Gasteiger partial charge in [-0.2, -0.15) is 0 Å². The van der Waals surface area contributed by atoms with E-state index in [1.807, 2.05) is 6.92 Å².